The molecule has 1 saturated heterocycles. The minimum atomic E-state index is 0.119. The van der Waals surface area contributed by atoms with Gasteiger partial charge in [-0.05, 0) is 32.1 Å². The van der Waals surface area contributed by atoms with Gasteiger partial charge in [0, 0.05) is 13.1 Å². The van der Waals surface area contributed by atoms with Crippen LogP contribution in [-0.4, -0.2) is 24.3 Å². The average molecular weight is 223 g/mol. The molecule has 2 saturated carbocycles. The second-order valence-electron chi connectivity index (χ2n) is 6.55. The normalized spacial score (nSPS) is 38.8. The Hall–Kier alpha value is -0.0800. The van der Waals surface area contributed by atoms with E-state index >= 15 is 0 Å². The smallest absolute Gasteiger partial charge is 0.0814 e. The fraction of sp³-hybridized carbons (Fsp3) is 1.00. The Balaban J connectivity index is 1.65. The molecule has 1 heterocycles. The van der Waals surface area contributed by atoms with Crippen molar-refractivity contribution in [1.82, 2.24) is 5.32 Å². The maximum absolute atomic E-state index is 6.57. The van der Waals surface area contributed by atoms with E-state index in [0.29, 0.717) is 0 Å². The van der Waals surface area contributed by atoms with Gasteiger partial charge in [0.05, 0.1) is 11.2 Å². The molecule has 0 aromatic heterocycles. The van der Waals surface area contributed by atoms with E-state index in [1.54, 1.807) is 0 Å². The van der Waals surface area contributed by atoms with Crippen LogP contribution in [0.1, 0.15) is 58.3 Å². The summed E-state index contributed by atoms with van der Waals surface area (Å²) in [7, 11) is 0. The van der Waals surface area contributed by atoms with Crippen molar-refractivity contribution < 1.29 is 4.74 Å². The zero-order chi connectivity index (χ0) is 11.1. The first kappa shape index (κ1) is 11.0. The third kappa shape index (κ3) is 2.02. The van der Waals surface area contributed by atoms with Gasteiger partial charge >= 0.3 is 0 Å². The minimum Gasteiger partial charge on any atom is -0.366 e. The highest BCUT2D eigenvalue weighted by atomic mass is 16.5. The van der Waals surface area contributed by atoms with Crippen molar-refractivity contribution in [3.63, 3.8) is 0 Å². The fourth-order valence-corrected chi connectivity index (χ4v) is 3.87. The molecule has 0 radical (unpaired) electrons. The summed E-state index contributed by atoms with van der Waals surface area (Å²) in [5.41, 5.74) is 0.324. The Morgan fingerprint density at radius 3 is 2.50 bits per heavy atom. The van der Waals surface area contributed by atoms with Crippen molar-refractivity contribution in [2.75, 3.05) is 13.1 Å². The standard InChI is InChI=1S/C14H25NO/c1-13(9-12-5-4-6-12)10-15-11-14(16-13)7-2-3-8-14/h12,15H,2-11H2,1H3. The van der Waals surface area contributed by atoms with E-state index in [1.165, 1.54) is 51.4 Å². The number of rotatable bonds is 2. The van der Waals surface area contributed by atoms with Gasteiger partial charge in [-0.1, -0.05) is 32.1 Å². The molecule has 0 aromatic carbocycles. The number of ether oxygens (including phenoxy) is 1. The highest BCUT2D eigenvalue weighted by Crippen LogP contribution is 2.42. The van der Waals surface area contributed by atoms with Gasteiger partial charge < -0.3 is 10.1 Å². The molecule has 1 N–H and O–H groups in total. The highest BCUT2D eigenvalue weighted by Gasteiger charge is 2.45. The molecule has 2 heteroatoms. The van der Waals surface area contributed by atoms with Crippen molar-refractivity contribution in [2.24, 2.45) is 5.92 Å². The molecule has 2 nitrogen and oxygen atoms in total. The highest BCUT2D eigenvalue weighted by molar-refractivity contribution is 4.98. The van der Waals surface area contributed by atoms with E-state index in [0.717, 1.165) is 19.0 Å². The van der Waals surface area contributed by atoms with Gasteiger partial charge in [-0.15, -0.1) is 0 Å². The Kier molecular flexibility index (Phi) is 2.75. The summed E-state index contributed by atoms with van der Waals surface area (Å²) in [5.74, 6) is 0.948. The topological polar surface area (TPSA) is 21.3 Å². The number of hydrogen-bond acceptors (Lipinski definition) is 2. The first-order valence-corrected chi connectivity index (χ1v) is 7.11. The quantitative estimate of drug-likeness (QED) is 0.777. The van der Waals surface area contributed by atoms with Crippen LogP contribution in [0.4, 0.5) is 0 Å². The molecule has 1 unspecified atom stereocenters. The molecule has 92 valence electrons. The molecule has 1 atom stereocenters. The SMILES string of the molecule is CC1(CC2CCC2)CNCC2(CCCC2)O1. The zero-order valence-corrected chi connectivity index (χ0v) is 10.6. The summed E-state index contributed by atoms with van der Waals surface area (Å²) < 4.78 is 6.57. The van der Waals surface area contributed by atoms with E-state index in [2.05, 4.69) is 12.2 Å². The van der Waals surface area contributed by atoms with Crippen molar-refractivity contribution >= 4 is 0 Å². The summed E-state index contributed by atoms with van der Waals surface area (Å²) in [5, 5.41) is 3.64. The maximum Gasteiger partial charge on any atom is 0.0814 e. The number of nitrogens with one attached hydrogen (secondary N) is 1. The maximum atomic E-state index is 6.57. The Morgan fingerprint density at radius 2 is 1.88 bits per heavy atom. The minimum absolute atomic E-state index is 0.119. The molecule has 0 bridgehead atoms. The largest absolute Gasteiger partial charge is 0.366 e. The van der Waals surface area contributed by atoms with Crippen molar-refractivity contribution in [3.8, 4) is 0 Å². The molecule has 0 aromatic rings. The monoisotopic (exact) mass is 223 g/mol. The van der Waals surface area contributed by atoms with Crippen LogP contribution in [0, 0.1) is 5.92 Å². The summed E-state index contributed by atoms with van der Waals surface area (Å²) in [4.78, 5) is 0. The molecule has 3 fully saturated rings. The Bertz CT molecular complexity index is 255. The van der Waals surface area contributed by atoms with Gasteiger partial charge in [0.15, 0.2) is 0 Å². The summed E-state index contributed by atoms with van der Waals surface area (Å²) in [6.07, 6.45) is 10.9. The Morgan fingerprint density at radius 1 is 1.12 bits per heavy atom. The molecule has 16 heavy (non-hydrogen) atoms. The van der Waals surface area contributed by atoms with Crippen LogP contribution in [0.3, 0.4) is 0 Å². The second kappa shape index (κ2) is 3.99. The van der Waals surface area contributed by atoms with Crippen molar-refractivity contribution in [3.05, 3.63) is 0 Å². The van der Waals surface area contributed by atoms with Gasteiger partial charge in [-0.2, -0.15) is 0 Å². The predicted molar refractivity (Wildman–Crippen MR) is 65.5 cm³/mol. The Labute approximate surface area is 99.1 Å². The number of morpholine rings is 1. The van der Waals surface area contributed by atoms with Crippen LogP contribution < -0.4 is 5.32 Å². The third-order valence-corrected chi connectivity index (χ3v) is 4.87. The van der Waals surface area contributed by atoms with Crippen LogP contribution >= 0.6 is 0 Å². The molecular weight excluding hydrogens is 198 g/mol. The predicted octanol–water partition coefficient (Wildman–Crippen LogP) is 2.87. The molecule has 3 rings (SSSR count). The second-order valence-corrected chi connectivity index (χ2v) is 6.55. The first-order chi connectivity index (χ1) is 7.70. The van der Waals surface area contributed by atoms with Crippen LogP contribution in [0.25, 0.3) is 0 Å². The first-order valence-electron chi connectivity index (χ1n) is 7.11. The molecule has 3 aliphatic rings. The molecule has 1 spiro atoms. The lowest BCUT2D eigenvalue weighted by molar-refractivity contribution is -0.177. The molecule has 0 amide bonds. The van der Waals surface area contributed by atoms with E-state index < -0.39 is 0 Å². The van der Waals surface area contributed by atoms with Crippen molar-refractivity contribution in [2.45, 2.75) is 69.5 Å². The summed E-state index contributed by atoms with van der Waals surface area (Å²) in [6, 6.07) is 0. The van der Waals surface area contributed by atoms with Crippen LogP contribution in [0.15, 0.2) is 0 Å². The molecule has 1 aliphatic heterocycles. The van der Waals surface area contributed by atoms with E-state index in [9.17, 15) is 0 Å². The number of hydrogen-bond donors (Lipinski definition) is 1. The molecular formula is C14H25NO. The third-order valence-electron chi connectivity index (χ3n) is 4.87. The average Bonchev–Trinajstić information content (AvgIpc) is 2.60. The van der Waals surface area contributed by atoms with Crippen LogP contribution in [0.5, 0.6) is 0 Å². The lowest BCUT2D eigenvalue weighted by Crippen LogP contribution is -2.58. The van der Waals surface area contributed by atoms with Crippen molar-refractivity contribution in [1.29, 1.82) is 0 Å². The van der Waals surface area contributed by atoms with E-state index in [-0.39, 0.29) is 11.2 Å². The van der Waals surface area contributed by atoms with Gasteiger partial charge in [0.2, 0.25) is 0 Å². The van der Waals surface area contributed by atoms with Gasteiger partial charge in [0.1, 0.15) is 0 Å². The molecule has 2 aliphatic carbocycles. The van der Waals surface area contributed by atoms with Crippen LogP contribution in [0.2, 0.25) is 0 Å². The van der Waals surface area contributed by atoms with Crippen LogP contribution in [-0.2, 0) is 4.74 Å². The van der Waals surface area contributed by atoms with Gasteiger partial charge in [0.25, 0.3) is 0 Å². The fourth-order valence-electron chi connectivity index (χ4n) is 3.87. The lowest BCUT2D eigenvalue weighted by Gasteiger charge is -2.48. The lowest BCUT2D eigenvalue weighted by atomic mass is 9.77. The summed E-state index contributed by atoms with van der Waals surface area (Å²) >= 11 is 0. The van der Waals surface area contributed by atoms with Gasteiger partial charge in [-0.25, -0.2) is 0 Å². The zero-order valence-electron chi connectivity index (χ0n) is 10.6. The van der Waals surface area contributed by atoms with E-state index in [4.69, 9.17) is 4.74 Å². The van der Waals surface area contributed by atoms with Gasteiger partial charge in [-0.3, -0.25) is 0 Å². The summed E-state index contributed by atoms with van der Waals surface area (Å²) in [6.45, 7) is 4.48. The van der Waals surface area contributed by atoms with E-state index in [1.807, 2.05) is 0 Å².